The highest BCUT2D eigenvalue weighted by molar-refractivity contribution is 5.57. The van der Waals surface area contributed by atoms with Gasteiger partial charge in [0.25, 0.3) is 0 Å². The molecule has 66 valence electrons. The van der Waals surface area contributed by atoms with Gasteiger partial charge in [-0.15, -0.1) is 0 Å². The Morgan fingerprint density at radius 1 is 1.25 bits per heavy atom. The maximum absolute atomic E-state index is 4.12. The highest BCUT2D eigenvalue weighted by atomic mass is 14.7. The zero-order chi connectivity index (χ0) is 9.56. The fourth-order valence-corrected chi connectivity index (χ4v) is 0.875. The average Bonchev–Trinajstić information content (AvgIpc) is 2.00. The number of hydrogen-bond donors (Lipinski definition) is 0. The van der Waals surface area contributed by atoms with Gasteiger partial charge < -0.3 is 0 Å². The molecule has 0 aromatic heterocycles. The van der Waals surface area contributed by atoms with Crippen LogP contribution in [0, 0.1) is 0 Å². The van der Waals surface area contributed by atoms with Gasteiger partial charge in [0.2, 0.25) is 0 Å². The lowest BCUT2D eigenvalue weighted by Gasteiger charge is -2.00. The minimum absolute atomic E-state index is 0.821. The lowest BCUT2D eigenvalue weighted by Crippen LogP contribution is -1.82. The number of aliphatic imine (C=N–C) groups is 1. The van der Waals surface area contributed by atoms with E-state index in [9.17, 15) is 0 Å². The maximum atomic E-state index is 4.12. The third-order valence-corrected chi connectivity index (χ3v) is 1.37. The van der Waals surface area contributed by atoms with Crippen LogP contribution in [0.25, 0.3) is 0 Å². The highest BCUT2D eigenvalue weighted by Crippen LogP contribution is 2.12. The molecule has 0 N–H and O–H groups in total. The predicted molar refractivity (Wildman–Crippen MR) is 56.5 cm³/mol. The molecule has 1 nitrogen and oxygen atoms in total. The second-order valence-corrected chi connectivity index (χ2v) is 2.80. The molecule has 0 aliphatic carbocycles. The van der Waals surface area contributed by atoms with Crippen LogP contribution in [0.1, 0.15) is 27.7 Å². The van der Waals surface area contributed by atoms with Gasteiger partial charge in [-0.25, -0.2) is 0 Å². The van der Waals surface area contributed by atoms with E-state index in [0.717, 1.165) is 11.3 Å². The zero-order valence-corrected chi connectivity index (χ0v) is 8.39. The number of allylic oxidation sites excluding steroid dienone is 3. The van der Waals surface area contributed by atoms with Crippen LogP contribution in [-0.2, 0) is 0 Å². The first-order valence-electron chi connectivity index (χ1n) is 4.11. The average molecular weight is 163 g/mol. The van der Waals surface area contributed by atoms with Crippen LogP contribution in [0.2, 0.25) is 0 Å². The molecular formula is C11H17N. The number of rotatable bonds is 3. The standard InChI is InChI=1S/C11H17N/c1-6-11(8-9(3)4)10(5)12-7-2/h6-8H,5H2,1-4H3/b11-6+,12-7?. The van der Waals surface area contributed by atoms with Crippen molar-refractivity contribution in [3.8, 4) is 0 Å². The largest absolute Gasteiger partial charge is 0.262 e. The molecule has 1 heteroatoms. The summed E-state index contributed by atoms with van der Waals surface area (Å²) in [6, 6.07) is 0. The van der Waals surface area contributed by atoms with E-state index in [1.54, 1.807) is 6.21 Å². The molecule has 12 heavy (non-hydrogen) atoms. The first-order valence-corrected chi connectivity index (χ1v) is 4.11. The smallest absolute Gasteiger partial charge is 0.0622 e. The van der Waals surface area contributed by atoms with Crippen LogP contribution in [0.15, 0.2) is 40.6 Å². The molecule has 0 rings (SSSR count). The van der Waals surface area contributed by atoms with Gasteiger partial charge in [0, 0.05) is 6.21 Å². The minimum atomic E-state index is 0.821. The summed E-state index contributed by atoms with van der Waals surface area (Å²) in [6.07, 6.45) is 5.85. The Morgan fingerprint density at radius 3 is 2.17 bits per heavy atom. The van der Waals surface area contributed by atoms with Gasteiger partial charge >= 0.3 is 0 Å². The summed E-state index contributed by atoms with van der Waals surface area (Å²) < 4.78 is 0. The Hall–Kier alpha value is -1.11. The highest BCUT2D eigenvalue weighted by Gasteiger charge is 1.94. The number of nitrogens with zero attached hydrogens (tertiary/aromatic N) is 1. The second-order valence-electron chi connectivity index (χ2n) is 2.80. The summed E-state index contributed by atoms with van der Waals surface area (Å²) in [5.74, 6) is 0. The van der Waals surface area contributed by atoms with Crippen molar-refractivity contribution in [2.45, 2.75) is 27.7 Å². The van der Waals surface area contributed by atoms with Gasteiger partial charge in [0.05, 0.1) is 5.70 Å². The molecular weight excluding hydrogens is 146 g/mol. The van der Waals surface area contributed by atoms with E-state index in [4.69, 9.17) is 0 Å². The van der Waals surface area contributed by atoms with Crippen LogP contribution in [0.4, 0.5) is 0 Å². The molecule has 0 amide bonds. The van der Waals surface area contributed by atoms with Crippen LogP contribution in [0.5, 0.6) is 0 Å². The SMILES string of the molecule is C=C(N=CC)/C(C=C(C)C)=C/C. The predicted octanol–water partition coefficient (Wildman–Crippen LogP) is 3.50. The normalized spacial score (nSPS) is 11.8. The summed E-state index contributed by atoms with van der Waals surface area (Å²) in [4.78, 5) is 4.12. The Bertz CT molecular complexity index is 238. The molecule has 0 fully saturated rings. The Balaban J connectivity index is 4.60. The quantitative estimate of drug-likeness (QED) is 0.446. The minimum Gasteiger partial charge on any atom is -0.262 e. The van der Waals surface area contributed by atoms with E-state index in [0.29, 0.717) is 0 Å². The van der Waals surface area contributed by atoms with Gasteiger partial charge in [0.1, 0.15) is 0 Å². The van der Waals surface area contributed by atoms with Gasteiger partial charge in [-0.3, -0.25) is 4.99 Å². The molecule has 0 aliphatic rings. The lowest BCUT2D eigenvalue weighted by molar-refractivity contribution is 1.30. The molecule has 0 saturated carbocycles. The van der Waals surface area contributed by atoms with Crippen molar-refractivity contribution < 1.29 is 0 Å². The molecule has 0 saturated heterocycles. The second kappa shape index (κ2) is 5.53. The van der Waals surface area contributed by atoms with E-state index >= 15 is 0 Å². The first-order chi connectivity index (χ1) is 5.61. The summed E-state index contributed by atoms with van der Waals surface area (Å²) in [7, 11) is 0. The fourth-order valence-electron chi connectivity index (χ4n) is 0.875. The summed E-state index contributed by atoms with van der Waals surface area (Å²) in [5.41, 5.74) is 3.17. The molecule has 0 radical (unpaired) electrons. The van der Waals surface area contributed by atoms with E-state index in [1.807, 2.05) is 19.9 Å². The van der Waals surface area contributed by atoms with Crippen LogP contribution < -0.4 is 0 Å². The van der Waals surface area contributed by atoms with Crippen LogP contribution in [0.3, 0.4) is 0 Å². The van der Waals surface area contributed by atoms with Gasteiger partial charge in [-0.1, -0.05) is 24.3 Å². The van der Waals surface area contributed by atoms with E-state index in [2.05, 4.69) is 31.5 Å². The van der Waals surface area contributed by atoms with E-state index in [1.165, 1.54) is 5.57 Å². The third kappa shape index (κ3) is 3.91. The Morgan fingerprint density at radius 2 is 1.83 bits per heavy atom. The maximum Gasteiger partial charge on any atom is 0.0622 e. The molecule has 0 heterocycles. The zero-order valence-electron chi connectivity index (χ0n) is 8.39. The third-order valence-electron chi connectivity index (χ3n) is 1.37. The van der Waals surface area contributed by atoms with Crippen molar-refractivity contribution in [2.24, 2.45) is 4.99 Å². The summed E-state index contributed by atoms with van der Waals surface area (Å²) in [5, 5.41) is 0. The van der Waals surface area contributed by atoms with Crippen LogP contribution >= 0.6 is 0 Å². The van der Waals surface area contributed by atoms with E-state index in [-0.39, 0.29) is 0 Å². The topological polar surface area (TPSA) is 12.4 Å². The summed E-state index contributed by atoms with van der Waals surface area (Å²) in [6.45, 7) is 11.9. The fraction of sp³-hybridized carbons (Fsp3) is 0.364. The van der Waals surface area contributed by atoms with Gasteiger partial charge in [-0.05, 0) is 33.3 Å². The van der Waals surface area contributed by atoms with Crippen molar-refractivity contribution in [2.75, 3.05) is 0 Å². The molecule has 0 atom stereocenters. The molecule has 0 bridgehead atoms. The Kier molecular flexibility index (Phi) is 5.02. The monoisotopic (exact) mass is 163 g/mol. The molecule has 0 aromatic rings. The van der Waals surface area contributed by atoms with Crippen molar-refractivity contribution >= 4 is 6.21 Å². The van der Waals surface area contributed by atoms with Crippen molar-refractivity contribution in [1.82, 2.24) is 0 Å². The Labute approximate surface area is 75.2 Å². The van der Waals surface area contributed by atoms with Gasteiger partial charge in [0.15, 0.2) is 0 Å². The van der Waals surface area contributed by atoms with Crippen molar-refractivity contribution in [3.63, 3.8) is 0 Å². The van der Waals surface area contributed by atoms with Crippen molar-refractivity contribution in [1.29, 1.82) is 0 Å². The molecule has 0 aromatic carbocycles. The number of hydrogen-bond acceptors (Lipinski definition) is 1. The summed E-state index contributed by atoms with van der Waals surface area (Å²) >= 11 is 0. The molecule has 0 unspecified atom stereocenters. The molecule has 0 aliphatic heterocycles. The van der Waals surface area contributed by atoms with Crippen LogP contribution in [-0.4, -0.2) is 6.21 Å². The molecule has 0 spiro atoms. The van der Waals surface area contributed by atoms with Gasteiger partial charge in [-0.2, -0.15) is 0 Å². The van der Waals surface area contributed by atoms with Crippen molar-refractivity contribution in [3.05, 3.63) is 35.6 Å². The van der Waals surface area contributed by atoms with E-state index < -0.39 is 0 Å². The lowest BCUT2D eigenvalue weighted by atomic mass is 10.1. The first kappa shape index (κ1) is 10.9.